The number of nitrogens with one attached hydrogen (secondary N) is 2. The molecule has 0 saturated carbocycles. The van der Waals surface area contributed by atoms with E-state index >= 15 is 8.78 Å². The van der Waals surface area contributed by atoms with Crippen LogP contribution in [0.2, 0.25) is 0 Å². The molecule has 46 heavy (non-hydrogen) atoms. The molecule has 0 radical (unpaired) electrons. The Hall–Kier alpha value is -3.50. The fourth-order valence-electron chi connectivity index (χ4n) is 5.41. The van der Waals surface area contributed by atoms with Crippen LogP contribution in [-0.2, 0) is 36.7 Å². The van der Waals surface area contributed by atoms with Gasteiger partial charge in [-0.15, -0.1) is 0 Å². The lowest BCUT2D eigenvalue weighted by atomic mass is 10.1. The Bertz CT molecular complexity index is 1910. The van der Waals surface area contributed by atoms with Gasteiger partial charge in [-0.1, -0.05) is 0 Å². The van der Waals surface area contributed by atoms with Gasteiger partial charge in [0.2, 0.25) is 5.95 Å². The number of hydrogen-bond acceptors (Lipinski definition) is 15. The van der Waals surface area contributed by atoms with Gasteiger partial charge in [0.15, 0.2) is 47.1 Å². The molecule has 0 aliphatic carbocycles. The number of imidazole rings is 2. The van der Waals surface area contributed by atoms with E-state index in [-0.39, 0.29) is 34.1 Å². The smallest absolute Gasteiger partial charge is 0.369 e. The summed E-state index contributed by atoms with van der Waals surface area (Å²) in [6.07, 6.45) is -13.1. The summed E-state index contributed by atoms with van der Waals surface area (Å²) in [4.78, 5) is 66.0. The van der Waals surface area contributed by atoms with E-state index in [4.69, 9.17) is 33.3 Å². The third kappa shape index (κ3) is 5.37. The highest BCUT2D eigenvalue weighted by molar-refractivity contribution is 7.47. The average molecular weight is 693 g/mol. The first-order chi connectivity index (χ1) is 21.7. The molecule has 10 atom stereocenters. The number of alkyl halides is 2. The quantitative estimate of drug-likeness (QED) is 0.167. The molecule has 3 aliphatic rings. The van der Waals surface area contributed by atoms with Crippen molar-refractivity contribution in [2.75, 3.05) is 18.9 Å². The number of H-pyrrole nitrogens is 2. The van der Waals surface area contributed by atoms with Gasteiger partial charge in [0, 0.05) is 0 Å². The molecule has 4 aromatic heterocycles. The number of phosphoric ester groups is 2. The molecule has 0 spiro atoms. The predicted octanol–water partition coefficient (Wildman–Crippen LogP) is -0.368. The SMILES string of the molecule is Cc1nc2c(ncn2C2OC3COP(=O)(O)O[C@@H]4C(COP(=O)(O)O[C@H]3[C@H]2F)OC(n2cnc3c(=O)[nH]c(N)nc32)[C@@H]4F)c(=O)[nH]1. The summed E-state index contributed by atoms with van der Waals surface area (Å²) in [5, 5.41) is 0. The van der Waals surface area contributed by atoms with E-state index in [1.807, 2.05) is 0 Å². The van der Waals surface area contributed by atoms with Crippen LogP contribution in [0.4, 0.5) is 14.7 Å². The predicted molar refractivity (Wildman–Crippen MR) is 144 cm³/mol. The van der Waals surface area contributed by atoms with Crippen LogP contribution < -0.4 is 16.9 Å². The molecule has 3 aliphatic heterocycles. The van der Waals surface area contributed by atoms with Gasteiger partial charge in [0.05, 0.1) is 25.9 Å². The number of hydrogen-bond donors (Lipinski definition) is 5. The number of aromatic amines is 2. The lowest BCUT2D eigenvalue weighted by Gasteiger charge is -2.27. The van der Waals surface area contributed by atoms with Gasteiger partial charge >= 0.3 is 15.6 Å². The Balaban J connectivity index is 1.18. The van der Waals surface area contributed by atoms with Gasteiger partial charge in [-0.05, 0) is 6.92 Å². The van der Waals surface area contributed by atoms with Crippen LogP contribution >= 0.6 is 15.6 Å². The number of fused-ring (bicyclic) bond motifs is 4. The van der Waals surface area contributed by atoms with Gasteiger partial charge in [-0.2, -0.15) is 4.98 Å². The van der Waals surface area contributed by atoms with Gasteiger partial charge < -0.3 is 30.0 Å². The monoisotopic (exact) mass is 693 g/mol. The molecular weight excluding hydrogens is 670 g/mol. The van der Waals surface area contributed by atoms with Crippen LogP contribution in [0, 0.1) is 6.92 Å². The molecule has 3 fully saturated rings. The van der Waals surface area contributed by atoms with Crippen LogP contribution in [0.25, 0.3) is 22.3 Å². The molecule has 0 aromatic carbocycles. The summed E-state index contributed by atoms with van der Waals surface area (Å²) >= 11 is 0. The summed E-state index contributed by atoms with van der Waals surface area (Å²) in [6.45, 7) is -0.474. The maximum absolute atomic E-state index is 15.9. The van der Waals surface area contributed by atoms with Crippen LogP contribution in [-0.4, -0.2) is 98.8 Å². The minimum Gasteiger partial charge on any atom is -0.369 e. The van der Waals surface area contributed by atoms with Crippen molar-refractivity contribution in [3.05, 3.63) is 39.2 Å². The van der Waals surface area contributed by atoms with E-state index < -0.39 is 89.2 Å². The third-order valence-electron chi connectivity index (χ3n) is 7.40. The fourth-order valence-corrected chi connectivity index (χ4v) is 7.32. The Morgan fingerprint density at radius 1 is 0.848 bits per heavy atom. The first-order valence-corrected chi connectivity index (χ1v) is 16.3. The number of nitrogens with two attached hydrogens (primary N) is 1. The summed E-state index contributed by atoms with van der Waals surface area (Å²) < 4.78 is 91.3. The molecule has 0 bridgehead atoms. The fraction of sp³-hybridized carbons (Fsp3) is 0.524. The van der Waals surface area contributed by atoms with E-state index in [1.165, 1.54) is 6.92 Å². The maximum Gasteiger partial charge on any atom is 0.472 e. The van der Waals surface area contributed by atoms with Crippen molar-refractivity contribution in [3.8, 4) is 0 Å². The number of ether oxygens (including phenoxy) is 2. The zero-order chi connectivity index (χ0) is 32.7. The largest absolute Gasteiger partial charge is 0.472 e. The maximum atomic E-state index is 15.9. The van der Waals surface area contributed by atoms with Gasteiger partial charge in [-0.25, -0.2) is 32.9 Å². The minimum absolute atomic E-state index is 0.0894. The van der Waals surface area contributed by atoms with E-state index in [0.29, 0.717) is 0 Å². The normalized spacial score (nSPS) is 37.2. The van der Waals surface area contributed by atoms with E-state index in [1.54, 1.807) is 0 Å². The van der Waals surface area contributed by atoms with E-state index in [9.17, 15) is 28.5 Å². The molecular formula is C21H23F2N9O12P2. The first kappa shape index (κ1) is 31.1. The van der Waals surface area contributed by atoms with Crippen molar-refractivity contribution < 1.29 is 55.3 Å². The molecule has 4 aromatic rings. The molecule has 7 rings (SSSR count). The van der Waals surface area contributed by atoms with E-state index in [0.717, 1.165) is 21.8 Å². The van der Waals surface area contributed by atoms with Crippen molar-refractivity contribution in [3.63, 3.8) is 0 Å². The molecule has 25 heteroatoms. The van der Waals surface area contributed by atoms with Crippen molar-refractivity contribution in [1.82, 2.24) is 39.0 Å². The summed E-state index contributed by atoms with van der Waals surface area (Å²) in [6, 6.07) is 0. The first-order valence-electron chi connectivity index (χ1n) is 13.3. The molecule has 6 N–H and O–H groups in total. The highest BCUT2D eigenvalue weighted by Gasteiger charge is 2.55. The number of anilines is 1. The number of phosphoric acid groups is 2. The number of halogens is 2. The van der Waals surface area contributed by atoms with E-state index in [2.05, 4.69) is 29.9 Å². The van der Waals surface area contributed by atoms with Gasteiger partial charge in [-0.3, -0.25) is 41.8 Å². The summed E-state index contributed by atoms with van der Waals surface area (Å²) in [7, 11) is -10.4. The van der Waals surface area contributed by atoms with Crippen LogP contribution in [0.1, 0.15) is 18.3 Å². The topological polar surface area (TPSA) is 283 Å². The Morgan fingerprint density at radius 3 is 1.80 bits per heavy atom. The number of aryl methyl sites for hydroxylation is 1. The lowest BCUT2D eigenvalue weighted by molar-refractivity contribution is -0.0662. The second-order valence-corrected chi connectivity index (χ2v) is 13.3. The van der Waals surface area contributed by atoms with Gasteiger partial charge in [0.25, 0.3) is 11.1 Å². The molecule has 6 unspecified atom stereocenters. The Morgan fingerprint density at radius 2 is 1.30 bits per heavy atom. The second kappa shape index (κ2) is 11.0. The number of nitrogen functional groups attached to an aromatic ring is 1. The average Bonchev–Trinajstić information content (AvgIpc) is 3.72. The van der Waals surface area contributed by atoms with Crippen LogP contribution in [0.3, 0.4) is 0 Å². The standard InChI is InChI=1S/C21H23F2N9O12P2/c1-6-27-15-11(17(33)28-6)25-4-31(15)19-9(22)13-7(41-19)2-39-46(37,38)44-14-8(3-40-45(35,36)43-13)42-20(10(14)23)32-5-26-12-16(32)29-21(24)30-18(12)34/h4-5,7-10,13-14,19-20H,2-3H2,1H3,(H,35,36)(H,37,38)(H,27,28,33)(H3,24,29,30,34)/t7?,8?,9-,10-,13-,14-,19?,20?/m1/s1. The number of nitrogens with zero attached hydrogens (tertiary/aromatic N) is 6. The van der Waals surface area contributed by atoms with Crippen molar-refractivity contribution >= 4 is 43.9 Å². The number of rotatable bonds is 2. The van der Waals surface area contributed by atoms with Crippen LogP contribution in [0.15, 0.2) is 22.2 Å². The second-order valence-electron chi connectivity index (χ2n) is 10.4. The van der Waals surface area contributed by atoms with Crippen molar-refractivity contribution in [1.29, 1.82) is 0 Å². The molecule has 248 valence electrons. The molecule has 3 saturated heterocycles. The molecule has 21 nitrogen and oxygen atoms in total. The third-order valence-corrected chi connectivity index (χ3v) is 9.37. The molecule has 0 amide bonds. The lowest BCUT2D eigenvalue weighted by Crippen LogP contribution is -2.37. The highest BCUT2D eigenvalue weighted by atomic mass is 31.2. The Labute approximate surface area is 252 Å². The van der Waals surface area contributed by atoms with Crippen LogP contribution in [0.5, 0.6) is 0 Å². The zero-order valence-corrected chi connectivity index (χ0v) is 24.9. The number of aromatic nitrogens is 8. The summed E-state index contributed by atoms with van der Waals surface area (Å²) in [5.41, 5.74) is 3.54. The molecule has 7 heterocycles. The zero-order valence-electron chi connectivity index (χ0n) is 23.1. The van der Waals surface area contributed by atoms with Crippen molar-refractivity contribution in [2.24, 2.45) is 0 Å². The minimum atomic E-state index is -5.20. The highest BCUT2D eigenvalue weighted by Crippen LogP contribution is 2.54. The Kier molecular flexibility index (Phi) is 7.47. The van der Waals surface area contributed by atoms with Crippen molar-refractivity contribution in [2.45, 2.75) is 56.1 Å². The van der Waals surface area contributed by atoms with Gasteiger partial charge in [0.1, 0.15) is 30.2 Å². The summed E-state index contributed by atoms with van der Waals surface area (Å²) in [5.74, 6) is -0.158.